The molecule has 128 valence electrons. The van der Waals surface area contributed by atoms with Gasteiger partial charge < -0.3 is 14.6 Å². The van der Waals surface area contributed by atoms with Gasteiger partial charge in [0.15, 0.2) is 11.5 Å². The Kier molecular flexibility index (Phi) is 5.85. The number of ether oxygens (including phenoxy) is 2. The molecule has 0 fully saturated rings. The Morgan fingerprint density at radius 2 is 1.88 bits per heavy atom. The van der Waals surface area contributed by atoms with Gasteiger partial charge in [-0.25, -0.2) is 0 Å². The molecule has 4 heteroatoms. The quantitative estimate of drug-likeness (QED) is 0.830. The second kappa shape index (κ2) is 7.86. The minimum absolute atomic E-state index is 0.406. The average molecular weight is 328 g/mol. The fourth-order valence-corrected chi connectivity index (χ4v) is 2.90. The van der Waals surface area contributed by atoms with Crippen LogP contribution in [0.3, 0.4) is 0 Å². The van der Waals surface area contributed by atoms with Gasteiger partial charge in [0.1, 0.15) is 0 Å². The van der Waals surface area contributed by atoms with Crippen molar-refractivity contribution in [2.45, 2.75) is 33.1 Å². The molecule has 0 spiro atoms. The third-order valence-electron chi connectivity index (χ3n) is 4.07. The lowest BCUT2D eigenvalue weighted by molar-refractivity contribution is -0.138. The summed E-state index contributed by atoms with van der Waals surface area (Å²) in [4.78, 5) is 11.8. The van der Waals surface area contributed by atoms with Crippen LogP contribution in [-0.4, -0.2) is 24.8 Å². The molecule has 0 aliphatic rings. The maximum absolute atomic E-state index is 11.8. The summed E-state index contributed by atoms with van der Waals surface area (Å²) < 4.78 is 10.9. The van der Waals surface area contributed by atoms with Crippen LogP contribution in [0, 0.1) is 13.8 Å². The Hall–Kier alpha value is -2.49. The van der Waals surface area contributed by atoms with Gasteiger partial charge in [-0.2, -0.15) is 0 Å². The second-order valence-corrected chi connectivity index (χ2v) is 5.87. The van der Waals surface area contributed by atoms with Crippen LogP contribution in [0.25, 0.3) is 0 Å². The van der Waals surface area contributed by atoms with Gasteiger partial charge in [-0.15, -0.1) is 0 Å². The molecule has 0 saturated heterocycles. The highest BCUT2D eigenvalue weighted by molar-refractivity contribution is 5.77. The van der Waals surface area contributed by atoms with Crippen molar-refractivity contribution in [3.8, 4) is 11.5 Å². The number of hydrogen-bond donors (Lipinski definition) is 1. The molecule has 0 aliphatic heterocycles. The lowest BCUT2D eigenvalue weighted by atomic mass is 9.88. The lowest BCUT2D eigenvalue weighted by Crippen LogP contribution is -2.16. The van der Waals surface area contributed by atoms with E-state index in [1.54, 1.807) is 7.11 Å². The molecule has 2 aromatic carbocycles. The van der Waals surface area contributed by atoms with E-state index in [-0.39, 0.29) is 0 Å². The summed E-state index contributed by atoms with van der Waals surface area (Å²) in [6.07, 6.45) is 0.406. The standard InChI is InChI=1S/C20H24O4/c1-5-24-19-12-15(7-9-18(19)23-4)11-17(20(21)22)16-8-6-13(2)10-14(16)3/h6-10,12,17H,5,11H2,1-4H3,(H,21,22). The third-order valence-corrected chi connectivity index (χ3v) is 4.07. The first-order valence-corrected chi connectivity index (χ1v) is 8.06. The van der Waals surface area contributed by atoms with E-state index < -0.39 is 11.9 Å². The van der Waals surface area contributed by atoms with Crippen molar-refractivity contribution in [2.24, 2.45) is 0 Å². The number of benzene rings is 2. The number of methoxy groups -OCH3 is 1. The van der Waals surface area contributed by atoms with E-state index in [0.29, 0.717) is 24.5 Å². The highest BCUT2D eigenvalue weighted by atomic mass is 16.5. The summed E-state index contributed by atoms with van der Waals surface area (Å²) in [5.41, 5.74) is 3.89. The van der Waals surface area contributed by atoms with Crippen LogP contribution in [0.4, 0.5) is 0 Å². The zero-order chi connectivity index (χ0) is 17.7. The molecular formula is C20H24O4. The number of carbonyl (C=O) groups is 1. The molecule has 0 aliphatic carbocycles. The molecule has 0 heterocycles. The maximum Gasteiger partial charge on any atom is 0.311 e. The normalized spacial score (nSPS) is 11.8. The summed E-state index contributed by atoms with van der Waals surface area (Å²) >= 11 is 0. The van der Waals surface area contributed by atoms with Crippen molar-refractivity contribution in [3.63, 3.8) is 0 Å². The van der Waals surface area contributed by atoms with Crippen LogP contribution in [0.15, 0.2) is 36.4 Å². The van der Waals surface area contributed by atoms with E-state index in [1.165, 1.54) is 0 Å². The fourth-order valence-electron chi connectivity index (χ4n) is 2.90. The van der Waals surface area contributed by atoms with Gasteiger partial charge in [-0.1, -0.05) is 29.8 Å². The first kappa shape index (κ1) is 17.9. The molecule has 24 heavy (non-hydrogen) atoms. The fraction of sp³-hybridized carbons (Fsp3) is 0.350. The average Bonchev–Trinajstić information content (AvgIpc) is 2.53. The van der Waals surface area contributed by atoms with Crippen LogP contribution in [0.2, 0.25) is 0 Å². The zero-order valence-corrected chi connectivity index (χ0v) is 14.6. The number of hydrogen-bond acceptors (Lipinski definition) is 3. The molecule has 0 saturated carbocycles. The molecule has 0 radical (unpaired) electrons. The Morgan fingerprint density at radius 3 is 2.46 bits per heavy atom. The lowest BCUT2D eigenvalue weighted by Gasteiger charge is -2.17. The molecule has 0 amide bonds. The number of rotatable bonds is 7. The van der Waals surface area contributed by atoms with E-state index in [9.17, 15) is 9.90 Å². The Balaban J connectivity index is 2.34. The summed E-state index contributed by atoms with van der Waals surface area (Å²) in [7, 11) is 1.59. The largest absolute Gasteiger partial charge is 0.493 e. The minimum Gasteiger partial charge on any atom is -0.493 e. The maximum atomic E-state index is 11.8. The Morgan fingerprint density at radius 1 is 1.12 bits per heavy atom. The van der Waals surface area contributed by atoms with Crippen LogP contribution in [0.1, 0.15) is 35.1 Å². The monoisotopic (exact) mass is 328 g/mol. The van der Waals surface area contributed by atoms with Crippen molar-refractivity contribution in [1.29, 1.82) is 0 Å². The van der Waals surface area contributed by atoms with Crippen LogP contribution in [-0.2, 0) is 11.2 Å². The first-order valence-electron chi connectivity index (χ1n) is 8.06. The van der Waals surface area contributed by atoms with Crippen LogP contribution in [0.5, 0.6) is 11.5 Å². The summed E-state index contributed by atoms with van der Waals surface area (Å²) in [5.74, 6) is -0.120. The van der Waals surface area contributed by atoms with Gasteiger partial charge in [0.2, 0.25) is 0 Å². The van der Waals surface area contributed by atoms with E-state index in [4.69, 9.17) is 9.47 Å². The third kappa shape index (κ3) is 4.07. The highest BCUT2D eigenvalue weighted by Crippen LogP contribution is 2.31. The van der Waals surface area contributed by atoms with Crippen molar-refractivity contribution in [1.82, 2.24) is 0 Å². The van der Waals surface area contributed by atoms with Gasteiger partial charge in [0.05, 0.1) is 19.6 Å². The molecule has 2 rings (SSSR count). The van der Waals surface area contributed by atoms with E-state index in [0.717, 1.165) is 22.3 Å². The first-order chi connectivity index (χ1) is 11.5. The number of carboxylic acids is 1. The number of aryl methyl sites for hydroxylation is 2. The van der Waals surface area contributed by atoms with Crippen LogP contribution >= 0.6 is 0 Å². The number of carboxylic acid groups (broad SMARTS) is 1. The van der Waals surface area contributed by atoms with Gasteiger partial charge in [-0.3, -0.25) is 4.79 Å². The van der Waals surface area contributed by atoms with Crippen molar-refractivity contribution in [2.75, 3.05) is 13.7 Å². The van der Waals surface area contributed by atoms with Crippen molar-refractivity contribution in [3.05, 3.63) is 58.7 Å². The zero-order valence-electron chi connectivity index (χ0n) is 14.6. The Labute approximate surface area is 143 Å². The SMILES string of the molecule is CCOc1cc(CC(C(=O)O)c2ccc(C)cc2C)ccc1OC. The highest BCUT2D eigenvalue weighted by Gasteiger charge is 2.22. The van der Waals surface area contributed by atoms with E-state index >= 15 is 0 Å². The van der Waals surface area contributed by atoms with E-state index in [2.05, 4.69) is 0 Å². The van der Waals surface area contributed by atoms with Gasteiger partial charge in [-0.05, 0) is 56.0 Å². The van der Waals surface area contributed by atoms with Crippen molar-refractivity contribution >= 4 is 5.97 Å². The molecule has 0 bridgehead atoms. The number of aliphatic carboxylic acids is 1. The molecular weight excluding hydrogens is 304 g/mol. The molecule has 1 unspecified atom stereocenters. The van der Waals surface area contributed by atoms with Gasteiger partial charge in [0, 0.05) is 0 Å². The molecule has 2 aromatic rings. The van der Waals surface area contributed by atoms with Crippen LogP contribution < -0.4 is 9.47 Å². The second-order valence-electron chi connectivity index (χ2n) is 5.87. The molecule has 0 aromatic heterocycles. The minimum atomic E-state index is -0.823. The molecule has 4 nitrogen and oxygen atoms in total. The molecule has 1 N–H and O–H groups in total. The predicted octanol–water partition coefficient (Wildman–Crippen LogP) is 4.12. The van der Waals surface area contributed by atoms with Gasteiger partial charge >= 0.3 is 5.97 Å². The molecule has 1 atom stereocenters. The summed E-state index contributed by atoms with van der Waals surface area (Å²) in [6, 6.07) is 11.5. The Bertz CT molecular complexity index is 722. The predicted molar refractivity (Wildman–Crippen MR) is 94.2 cm³/mol. The van der Waals surface area contributed by atoms with Crippen molar-refractivity contribution < 1.29 is 19.4 Å². The topological polar surface area (TPSA) is 55.8 Å². The smallest absolute Gasteiger partial charge is 0.311 e. The van der Waals surface area contributed by atoms with E-state index in [1.807, 2.05) is 57.2 Å². The summed E-state index contributed by atoms with van der Waals surface area (Å²) in [6.45, 7) is 6.39. The summed E-state index contributed by atoms with van der Waals surface area (Å²) in [5, 5.41) is 9.70. The van der Waals surface area contributed by atoms with Gasteiger partial charge in [0.25, 0.3) is 0 Å².